The number of nitrogens with one attached hydrogen (secondary N) is 1. The second-order valence-corrected chi connectivity index (χ2v) is 14.0. The zero-order valence-electron chi connectivity index (χ0n) is 32.9. The lowest BCUT2D eigenvalue weighted by atomic mass is 10.1. The summed E-state index contributed by atoms with van der Waals surface area (Å²) in [5.74, 6) is -0.0937. The third kappa shape index (κ3) is 37.1. The summed E-state index contributed by atoms with van der Waals surface area (Å²) in [5, 5.41) is 23.0. The van der Waals surface area contributed by atoms with Gasteiger partial charge in [0, 0.05) is 6.42 Å². The van der Waals surface area contributed by atoms with Crippen LogP contribution in [0.15, 0.2) is 72.9 Å². The van der Waals surface area contributed by atoms with Gasteiger partial charge in [-0.1, -0.05) is 177 Å². The number of hydrogen-bond donors (Lipinski definition) is 3. The largest absolute Gasteiger partial charge is 0.394 e. The first-order chi connectivity index (χ1) is 24.7. The van der Waals surface area contributed by atoms with E-state index in [9.17, 15) is 15.0 Å². The number of allylic oxidation sites excluding steroid dienone is 11. The Morgan fingerprint density at radius 2 is 0.840 bits per heavy atom. The number of hydrogen-bond acceptors (Lipinski definition) is 3. The molecule has 0 aliphatic heterocycles. The van der Waals surface area contributed by atoms with Crippen molar-refractivity contribution in [3.63, 3.8) is 0 Å². The average Bonchev–Trinajstić information content (AvgIpc) is 3.12. The molecule has 0 saturated carbocycles. The van der Waals surface area contributed by atoms with E-state index < -0.39 is 12.1 Å². The average molecular weight is 696 g/mol. The van der Waals surface area contributed by atoms with Gasteiger partial charge >= 0.3 is 0 Å². The normalized spacial score (nSPS) is 13.8. The summed E-state index contributed by atoms with van der Waals surface area (Å²) in [6.07, 6.45) is 58.5. The van der Waals surface area contributed by atoms with Gasteiger partial charge < -0.3 is 15.5 Å². The maximum absolute atomic E-state index is 12.4. The predicted molar refractivity (Wildman–Crippen MR) is 220 cm³/mol. The highest BCUT2D eigenvalue weighted by Gasteiger charge is 2.17. The van der Waals surface area contributed by atoms with Crippen molar-refractivity contribution in [2.45, 2.75) is 206 Å². The van der Waals surface area contributed by atoms with E-state index >= 15 is 0 Å². The Morgan fingerprint density at radius 1 is 0.480 bits per heavy atom. The first-order valence-electron chi connectivity index (χ1n) is 21.2. The van der Waals surface area contributed by atoms with E-state index in [-0.39, 0.29) is 12.5 Å². The van der Waals surface area contributed by atoms with Gasteiger partial charge in [-0.05, 0) is 83.5 Å². The Morgan fingerprint density at radius 3 is 1.34 bits per heavy atom. The number of carbonyl (C=O) groups excluding carboxylic acids is 1. The molecule has 1 amide bonds. The lowest BCUT2D eigenvalue weighted by molar-refractivity contribution is -0.123. The van der Waals surface area contributed by atoms with Crippen LogP contribution in [0.5, 0.6) is 0 Å². The molecule has 3 N–H and O–H groups in total. The third-order valence-corrected chi connectivity index (χ3v) is 9.14. The van der Waals surface area contributed by atoms with Gasteiger partial charge in [0.05, 0.1) is 18.8 Å². The van der Waals surface area contributed by atoms with Crippen LogP contribution in [0.1, 0.15) is 194 Å². The van der Waals surface area contributed by atoms with Crippen LogP contribution in [0, 0.1) is 0 Å². The van der Waals surface area contributed by atoms with Crippen LogP contribution in [-0.4, -0.2) is 34.9 Å². The Labute approximate surface area is 310 Å². The van der Waals surface area contributed by atoms with Crippen LogP contribution in [0.2, 0.25) is 0 Å². The molecule has 0 aromatic heterocycles. The van der Waals surface area contributed by atoms with E-state index in [1.54, 1.807) is 6.08 Å². The van der Waals surface area contributed by atoms with E-state index in [1.807, 2.05) is 6.08 Å². The molecule has 4 heteroatoms. The number of unbranched alkanes of at least 4 members (excludes halogenated alkanes) is 20. The molecule has 0 heterocycles. The van der Waals surface area contributed by atoms with Crippen molar-refractivity contribution in [1.82, 2.24) is 5.32 Å². The molecule has 288 valence electrons. The van der Waals surface area contributed by atoms with Gasteiger partial charge in [-0.15, -0.1) is 0 Å². The number of aliphatic hydroxyl groups is 2. The minimum Gasteiger partial charge on any atom is -0.394 e. The molecule has 50 heavy (non-hydrogen) atoms. The minimum atomic E-state index is -0.879. The Bertz CT molecular complexity index is 884. The fraction of sp³-hybridized carbons (Fsp3) is 0.717. The number of rotatable bonds is 37. The third-order valence-electron chi connectivity index (χ3n) is 9.14. The summed E-state index contributed by atoms with van der Waals surface area (Å²) in [5.41, 5.74) is 0. The molecule has 0 fully saturated rings. The Hall–Kier alpha value is -2.17. The molecule has 0 rings (SSSR count). The van der Waals surface area contributed by atoms with Crippen molar-refractivity contribution in [3.8, 4) is 0 Å². The van der Waals surface area contributed by atoms with Crippen LogP contribution in [0.4, 0.5) is 0 Å². The highest BCUT2D eigenvalue weighted by atomic mass is 16.3. The van der Waals surface area contributed by atoms with E-state index in [0.29, 0.717) is 6.42 Å². The molecule has 0 bridgehead atoms. The first kappa shape index (κ1) is 47.8. The zero-order valence-corrected chi connectivity index (χ0v) is 32.9. The fourth-order valence-corrected chi connectivity index (χ4v) is 5.86. The highest BCUT2D eigenvalue weighted by molar-refractivity contribution is 5.76. The molecule has 0 aliphatic rings. The van der Waals surface area contributed by atoms with E-state index in [2.05, 4.69) is 79.9 Å². The molecule has 0 aromatic carbocycles. The van der Waals surface area contributed by atoms with Gasteiger partial charge in [-0.25, -0.2) is 0 Å². The van der Waals surface area contributed by atoms with Crippen LogP contribution < -0.4 is 5.32 Å². The van der Waals surface area contributed by atoms with Crippen LogP contribution in [0.3, 0.4) is 0 Å². The topological polar surface area (TPSA) is 69.6 Å². The quantitative estimate of drug-likeness (QED) is 0.0447. The van der Waals surface area contributed by atoms with Crippen LogP contribution in [0.25, 0.3) is 0 Å². The molecular formula is C46H81NO3. The molecule has 0 saturated heterocycles. The van der Waals surface area contributed by atoms with Crippen molar-refractivity contribution in [3.05, 3.63) is 72.9 Å². The van der Waals surface area contributed by atoms with Gasteiger partial charge in [0.1, 0.15) is 0 Å². The molecule has 0 spiro atoms. The molecular weight excluding hydrogens is 615 g/mol. The molecule has 2 unspecified atom stereocenters. The Kier molecular flexibility index (Phi) is 39.5. The number of amides is 1. The van der Waals surface area contributed by atoms with Gasteiger partial charge in [-0.3, -0.25) is 4.79 Å². The summed E-state index contributed by atoms with van der Waals surface area (Å²) in [6.45, 7) is 4.25. The van der Waals surface area contributed by atoms with Crippen molar-refractivity contribution >= 4 is 5.91 Å². The summed E-state index contributed by atoms with van der Waals surface area (Å²) in [6, 6.07) is -0.655. The smallest absolute Gasteiger partial charge is 0.220 e. The zero-order chi connectivity index (χ0) is 36.4. The van der Waals surface area contributed by atoms with E-state index in [1.165, 1.54) is 109 Å². The summed E-state index contributed by atoms with van der Waals surface area (Å²) >= 11 is 0. The van der Waals surface area contributed by atoms with Crippen molar-refractivity contribution in [1.29, 1.82) is 0 Å². The molecule has 0 aromatic rings. The van der Waals surface area contributed by atoms with Gasteiger partial charge in [0.2, 0.25) is 5.91 Å². The lowest BCUT2D eigenvalue weighted by Gasteiger charge is -2.19. The Balaban J connectivity index is 3.72. The van der Waals surface area contributed by atoms with Crippen molar-refractivity contribution in [2.24, 2.45) is 0 Å². The number of carbonyl (C=O) groups is 1. The SMILES string of the molecule is CCCCC/C=C\C/C=C\C/C=C\CCCCCCCCC(=O)NC(CO)C(O)/C=C/CC/C=C/CC/C=C/CCCCCCCCCCC. The molecule has 0 radical (unpaired) electrons. The summed E-state index contributed by atoms with van der Waals surface area (Å²) in [7, 11) is 0. The van der Waals surface area contributed by atoms with Crippen molar-refractivity contribution < 1.29 is 15.0 Å². The van der Waals surface area contributed by atoms with E-state index in [4.69, 9.17) is 0 Å². The standard InChI is InChI=1S/C46H81NO3/c1-3-5-7-9-11-13-15-17-19-21-23-25-27-29-31-33-35-37-39-41-45(49)44(43-48)47-46(50)42-40-38-36-34-32-30-28-26-24-22-20-18-16-14-12-10-8-6-4-2/h12,14,18,20,23-26,31,33,39,41,44-45,48-49H,3-11,13,15-17,19,21-22,27-30,32,34-38,40,42-43H2,1-2H3,(H,47,50)/b14-12-,20-18-,25-23+,26-24-,33-31+,41-39+. The highest BCUT2D eigenvalue weighted by Crippen LogP contribution is 2.12. The first-order valence-corrected chi connectivity index (χ1v) is 21.2. The predicted octanol–water partition coefficient (Wildman–Crippen LogP) is 13.1. The van der Waals surface area contributed by atoms with Gasteiger partial charge in [-0.2, -0.15) is 0 Å². The maximum Gasteiger partial charge on any atom is 0.220 e. The summed E-state index contributed by atoms with van der Waals surface area (Å²) < 4.78 is 0. The molecule has 4 nitrogen and oxygen atoms in total. The molecule has 0 aliphatic carbocycles. The van der Waals surface area contributed by atoms with Crippen LogP contribution >= 0.6 is 0 Å². The van der Waals surface area contributed by atoms with E-state index in [0.717, 1.165) is 64.2 Å². The monoisotopic (exact) mass is 696 g/mol. The lowest BCUT2D eigenvalue weighted by Crippen LogP contribution is -2.45. The summed E-state index contributed by atoms with van der Waals surface area (Å²) in [4.78, 5) is 12.4. The van der Waals surface area contributed by atoms with Crippen molar-refractivity contribution in [2.75, 3.05) is 6.61 Å². The fourth-order valence-electron chi connectivity index (χ4n) is 5.86. The minimum absolute atomic E-state index is 0.0937. The van der Waals surface area contributed by atoms with Gasteiger partial charge in [0.15, 0.2) is 0 Å². The second-order valence-electron chi connectivity index (χ2n) is 14.0. The number of aliphatic hydroxyl groups excluding tert-OH is 2. The second kappa shape index (κ2) is 41.3. The molecule has 2 atom stereocenters. The van der Waals surface area contributed by atoms with Gasteiger partial charge in [0.25, 0.3) is 0 Å². The maximum atomic E-state index is 12.4. The van der Waals surface area contributed by atoms with Crippen LogP contribution in [-0.2, 0) is 4.79 Å².